The van der Waals surface area contributed by atoms with E-state index in [0.717, 1.165) is 0 Å². The number of carbonyl (C=O) groups is 1. The summed E-state index contributed by atoms with van der Waals surface area (Å²) in [5.41, 5.74) is 0.694. The Morgan fingerprint density at radius 2 is 1.88 bits per heavy atom. The maximum absolute atomic E-state index is 12.7. The van der Waals surface area contributed by atoms with Crippen molar-refractivity contribution in [2.24, 2.45) is 0 Å². The number of anilines is 1. The van der Waals surface area contributed by atoms with Crippen LogP contribution >= 0.6 is 23.2 Å². The molecule has 0 aliphatic rings. The van der Waals surface area contributed by atoms with E-state index >= 15 is 0 Å². The molecular formula is C17H17Cl2NO4. The molecule has 0 heterocycles. The van der Waals surface area contributed by atoms with E-state index < -0.39 is 5.91 Å². The topological polar surface area (TPSA) is 56.8 Å². The summed E-state index contributed by atoms with van der Waals surface area (Å²) in [6.45, 7) is 2.17. The van der Waals surface area contributed by atoms with Gasteiger partial charge in [0, 0.05) is 11.1 Å². The fourth-order valence-electron chi connectivity index (χ4n) is 2.12. The predicted octanol–water partition coefficient (Wildman–Crippen LogP) is 4.66. The summed E-state index contributed by atoms with van der Waals surface area (Å²) in [7, 11) is 3.05. The van der Waals surface area contributed by atoms with Crippen LogP contribution in [0.5, 0.6) is 17.2 Å². The minimum Gasteiger partial charge on any atom is -0.497 e. The first kappa shape index (κ1) is 18.2. The molecule has 0 saturated heterocycles. The molecule has 5 nitrogen and oxygen atoms in total. The Hall–Kier alpha value is -2.11. The van der Waals surface area contributed by atoms with Gasteiger partial charge in [0.05, 0.1) is 37.1 Å². The molecule has 0 bridgehead atoms. The van der Waals surface area contributed by atoms with Gasteiger partial charge in [0.15, 0.2) is 5.75 Å². The normalized spacial score (nSPS) is 10.2. The maximum atomic E-state index is 12.7. The third-order valence-corrected chi connectivity index (χ3v) is 3.70. The summed E-state index contributed by atoms with van der Waals surface area (Å²) in [6.07, 6.45) is 0. The third kappa shape index (κ3) is 4.04. The van der Waals surface area contributed by atoms with E-state index in [1.54, 1.807) is 25.1 Å². The summed E-state index contributed by atoms with van der Waals surface area (Å²) < 4.78 is 15.9. The number of amides is 1. The quantitative estimate of drug-likeness (QED) is 0.804. The monoisotopic (exact) mass is 369 g/mol. The SMILES string of the molecule is CCOc1c(Cl)cc(Cl)cc1C(=O)Nc1cc(OC)ccc1OC. The molecule has 128 valence electrons. The van der Waals surface area contributed by atoms with Gasteiger partial charge >= 0.3 is 0 Å². The Bertz CT molecular complexity index is 750. The van der Waals surface area contributed by atoms with E-state index in [1.807, 2.05) is 0 Å². The lowest BCUT2D eigenvalue weighted by molar-refractivity contribution is 0.102. The molecule has 0 fully saturated rings. The maximum Gasteiger partial charge on any atom is 0.259 e. The van der Waals surface area contributed by atoms with E-state index in [1.165, 1.54) is 26.4 Å². The molecule has 0 unspecified atom stereocenters. The van der Waals surface area contributed by atoms with Gasteiger partial charge in [-0.25, -0.2) is 0 Å². The van der Waals surface area contributed by atoms with Gasteiger partial charge in [0.25, 0.3) is 5.91 Å². The summed E-state index contributed by atoms with van der Waals surface area (Å²) in [5, 5.41) is 3.37. The zero-order chi connectivity index (χ0) is 17.7. The second kappa shape index (κ2) is 8.13. The van der Waals surface area contributed by atoms with Gasteiger partial charge in [0.1, 0.15) is 11.5 Å². The van der Waals surface area contributed by atoms with Crippen molar-refractivity contribution in [3.8, 4) is 17.2 Å². The highest BCUT2D eigenvalue weighted by Crippen LogP contribution is 2.34. The van der Waals surface area contributed by atoms with Gasteiger partial charge in [-0.05, 0) is 31.2 Å². The predicted molar refractivity (Wildman–Crippen MR) is 95.1 cm³/mol. The van der Waals surface area contributed by atoms with Crippen molar-refractivity contribution in [1.29, 1.82) is 0 Å². The standard InChI is InChI=1S/C17H17Cl2NO4/c1-4-24-16-12(7-10(18)8-13(16)19)17(21)20-14-9-11(22-2)5-6-15(14)23-3/h5-9H,4H2,1-3H3,(H,20,21). The number of rotatable bonds is 6. The van der Waals surface area contributed by atoms with Crippen molar-refractivity contribution in [2.75, 3.05) is 26.1 Å². The summed E-state index contributed by atoms with van der Waals surface area (Å²) >= 11 is 12.1. The number of ether oxygens (including phenoxy) is 3. The number of halogens is 2. The van der Waals surface area contributed by atoms with Crippen molar-refractivity contribution in [3.63, 3.8) is 0 Å². The van der Waals surface area contributed by atoms with Crippen LogP contribution in [-0.2, 0) is 0 Å². The highest BCUT2D eigenvalue weighted by atomic mass is 35.5. The molecule has 1 amide bonds. The molecule has 24 heavy (non-hydrogen) atoms. The highest BCUT2D eigenvalue weighted by molar-refractivity contribution is 6.36. The minimum atomic E-state index is -0.422. The lowest BCUT2D eigenvalue weighted by Crippen LogP contribution is -2.15. The highest BCUT2D eigenvalue weighted by Gasteiger charge is 2.19. The minimum absolute atomic E-state index is 0.235. The summed E-state index contributed by atoms with van der Waals surface area (Å²) in [5.74, 6) is 0.938. The van der Waals surface area contributed by atoms with Crippen LogP contribution in [0.15, 0.2) is 30.3 Å². The number of methoxy groups -OCH3 is 2. The third-order valence-electron chi connectivity index (χ3n) is 3.20. The molecule has 2 aromatic carbocycles. The van der Waals surface area contributed by atoms with Gasteiger partial charge in [-0.15, -0.1) is 0 Å². The van der Waals surface area contributed by atoms with E-state index in [0.29, 0.717) is 28.8 Å². The number of benzene rings is 2. The molecule has 2 rings (SSSR count). The molecule has 0 radical (unpaired) electrons. The van der Waals surface area contributed by atoms with Gasteiger partial charge < -0.3 is 19.5 Å². The Morgan fingerprint density at radius 3 is 2.50 bits per heavy atom. The van der Waals surface area contributed by atoms with Crippen LogP contribution < -0.4 is 19.5 Å². The Kier molecular flexibility index (Phi) is 6.17. The molecule has 0 saturated carbocycles. The van der Waals surface area contributed by atoms with E-state index in [4.69, 9.17) is 37.4 Å². The number of carbonyl (C=O) groups excluding carboxylic acids is 1. The van der Waals surface area contributed by atoms with Crippen LogP contribution in [0.1, 0.15) is 17.3 Å². The van der Waals surface area contributed by atoms with Gasteiger partial charge in [-0.2, -0.15) is 0 Å². The average molecular weight is 370 g/mol. The molecule has 0 aliphatic carbocycles. The van der Waals surface area contributed by atoms with Crippen molar-refractivity contribution in [1.82, 2.24) is 0 Å². The van der Waals surface area contributed by atoms with Gasteiger partial charge in [-0.1, -0.05) is 23.2 Å². The molecule has 0 aliphatic heterocycles. The first-order valence-electron chi connectivity index (χ1n) is 7.15. The Balaban J connectivity index is 2.40. The average Bonchev–Trinajstić information content (AvgIpc) is 2.56. The number of hydrogen-bond donors (Lipinski definition) is 1. The second-order valence-corrected chi connectivity index (χ2v) is 5.56. The zero-order valence-corrected chi connectivity index (χ0v) is 15.0. The van der Waals surface area contributed by atoms with Gasteiger partial charge in [-0.3, -0.25) is 4.79 Å². The van der Waals surface area contributed by atoms with Crippen LogP contribution in [0.3, 0.4) is 0 Å². The Morgan fingerprint density at radius 1 is 1.12 bits per heavy atom. The molecule has 0 aromatic heterocycles. The zero-order valence-electron chi connectivity index (χ0n) is 13.5. The largest absolute Gasteiger partial charge is 0.497 e. The summed E-state index contributed by atoms with van der Waals surface area (Å²) in [4.78, 5) is 12.7. The van der Waals surface area contributed by atoms with E-state index in [-0.39, 0.29) is 16.3 Å². The van der Waals surface area contributed by atoms with E-state index in [9.17, 15) is 4.79 Å². The molecule has 2 aromatic rings. The van der Waals surface area contributed by atoms with Crippen LogP contribution in [0.2, 0.25) is 10.0 Å². The lowest BCUT2D eigenvalue weighted by Gasteiger charge is -2.15. The molecule has 1 N–H and O–H groups in total. The molecular weight excluding hydrogens is 353 g/mol. The summed E-state index contributed by atoms with van der Waals surface area (Å²) in [6, 6.07) is 8.11. The van der Waals surface area contributed by atoms with Crippen molar-refractivity contribution in [2.45, 2.75) is 6.92 Å². The van der Waals surface area contributed by atoms with Crippen molar-refractivity contribution < 1.29 is 19.0 Å². The molecule has 0 atom stereocenters. The second-order valence-electron chi connectivity index (χ2n) is 4.72. The van der Waals surface area contributed by atoms with Crippen LogP contribution in [-0.4, -0.2) is 26.7 Å². The first-order chi connectivity index (χ1) is 11.5. The van der Waals surface area contributed by atoms with Crippen LogP contribution in [0.4, 0.5) is 5.69 Å². The van der Waals surface area contributed by atoms with Crippen molar-refractivity contribution in [3.05, 3.63) is 45.9 Å². The number of nitrogens with one attached hydrogen (secondary N) is 1. The van der Waals surface area contributed by atoms with Crippen molar-refractivity contribution >= 4 is 34.8 Å². The molecule has 7 heteroatoms. The van der Waals surface area contributed by atoms with Crippen LogP contribution in [0.25, 0.3) is 0 Å². The molecule has 0 spiro atoms. The fourth-order valence-corrected chi connectivity index (χ4v) is 2.67. The van der Waals surface area contributed by atoms with Crippen LogP contribution in [0, 0.1) is 0 Å². The van der Waals surface area contributed by atoms with Gasteiger partial charge in [0.2, 0.25) is 0 Å². The smallest absolute Gasteiger partial charge is 0.259 e. The Labute approximate surface area is 150 Å². The fraction of sp³-hybridized carbons (Fsp3) is 0.235. The van der Waals surface area contributed by atoms with E-state index in [2.05, 4.69) is 5.32 Å². The first-order valence-corrected chi connectivity index (χ1v) is 7.91. The lowest BCUT2D eigenvalue weighted by atomic mass is 10.1. The number of hydrogen-bond acceptors (Lipinski definition) is 4.